The van der Waals surface area contributed by atoms with E-state index in [1.165, 1.54) is 0 Å². The Kier molecular flexibility index (Phi) is 5.96. The molecule has 2 amide bonds. The molecule has 1 rings (SSSR count). The van der Waals surface area contributed by atoms with Crippen LogP contribution in [0.3, 0.4) is 0 Å². The Bertz CT molecular complexity index is 586. The summed E-state index contributed by atoms with van der Waals surface area (Å²) in [5, 5.41) is 5.54. The number of amides is 2. The van der Waals surface area contributed by atoms with E-state index in [0.717, 1.165) is 0 Å². The predicted molar refractivity (Wildman–Crippen MR) is 92.6 cm³/mol. The van der Waals surface area contributed by atoms with E-state index in [2.05, 4.69) is 17.2 Å². The van der Waals surface area contributed by atoms with E-state index >= 15 is 0 Å². The van der Waals surface area contributed by atoms with Gasteiger partial charge in [-0.1, -0.05) is 26.0 Å². The number of carbonyl (C=O) groups is 2. The maximum atomic E-state index is 12.3. The molecule has 0 radical (unpaired) electrons. The van der Waals surface area contributed by atoms with Crippen molar-refractivity contribution in [2.24, 2.45) is 5.41 Å². The van der Waals surface area contributed by atoms with Crippen molar-refractivity contribution in [3.05, 3.63) is 36.9 Å². The topological polar surface area (TPSA) is 67.4 Å². The number of ether oxygens (including phenoxy) is 1. The largest absolute Gasteiger partial charge is 0.413 e. The van der Waals surface area contributed by atoms with Gasteiger partial charge in [0.2, 0.25) is 5.91 Å². The summed E-state index contributed by atoms with van der Waals surface area (Å²) < 4.78 is 5.23. The summed E-state index contributed by atoms with van der Waals surface area (Å²) in [5.41, 5.74) is -0.354. The van der Waals surface area contributed by atoms with Crippen LogP contribution >= 0.6 is 0 Å². The normalized spacial score (nSPS) is 11.5. The molecule has 0 saturated carbocycles. The molecule has 0 aliphatic carbocycles. The minimum atomic E-state index is -0.553. The molecule has 5 heteroatoms. The number of hydrogen-bond acceptors (Lipinski definition) is 3. The monoisotopic (exact) mass is 318 g/mol. The second kappa shape index (κ2) is 7.31. The van der Waals surface area contributed by atoms with Crippen molar-refractivity contribution < 1.29 is 14.3 Å². The van der Waals surface area contributed by atoms with E-state index in [1.54, 1.807) is 30.3 Å². The van der Waals surface area contributed by atoms with Gasteiger partial charge < -0.3 is 15.4 Å². The Morgan fingerprint density at radius 2 is 1.87 bits per heavy atom. The second-order valence-electron chi connectivity index (χ2n) is 7.12. The second-order valence-corrected chi connectivity index (χ2v) is 7.12. The van der Waals surface area contributed by atoms with Gasteiger partial charge in [0.15, 0.2) is 0 Å². The van der Waals surface area contributed by atoms with Crippen molar-refractivity contribution in [3.63, 3.8) is 0 Å². The van der Waals surface area contributed by atoms with E-state index < -0.39 is 11.5 Å². The van der Waals surface area contributed by atoms with Crippen LogP contribution in [0, 0.1) is 5.41 Å². The van der Waals surface area contributed by atoms with Crippen molar-refractivity contribution in [3.8, 4) is 5.75 Å². The van der Waals surface area contributed by atoms with Gasteiger partial charge in [0.1, 0.15) is 5.75 Å². The zero-order valence-corrected chi connectivity index (χ0v) is 14.5. The van der Waals surface area contributed by atoms with Gasteiger partial charge in [0.25, 0.3) is 0 Å². The fraction of sp³-hybridized carbons (Fsp3) is 0.444. The minimum absolute atomic E-state index is 0.117. The number of rotatable bonds is 5. The molecule has 1 aromatic rings. The van der Waals surface area contributed by atoms with Gasteiger partial charge in [-0.05, 0) is 39.3 Å². The summed E-state index contributed by atoms with van der Waals surface area (Å²) >= 11 is 0. The van der Waals surface area contributed by atoms with Gasteiger partial charge >= 0.3 is 6.09 Å². The third kappa shape index (κ3) is 6.55. The number of allylic oxidation sites excluding steroid dienone is 1. The van der Waals surface area contributed by atoms with Crippen LogP contribution in [0.4, 0.5) is 10.5 Å². The molecule has 0 fully saturated rings. The fourth-order valence-corrected chi connectivity index (χ4v) is 1.83. The Hall–Kier alpha value is -2.30. The Morgan fingerprint density at radius 1 is 1.22 bits per heavy atom. The first kappa shape index (κ1) is 18.7. The molecule has 0 heterocycles. The van der Waals surface area contributed by atoms with Crippen LogP contribution in [-0.4, -0.2) is 17.5 Å². The van der Waals surface area contributed by atoms with Crippen molar-refractivity contribution in [2.75, 3.05) is 5.32 Å². The average molecular weight is 318 g/mol. The van der Waals surface area contributed by atoms with Gasteiger partial charge in [0, 0.05) is 22.7 Å². The van der Waals surface area contributed by atoms with E-state index in [0.29, 0.717) is 17.9 Å². The van der Waals surface area contributed by atoms with Gasteiger partial charge in [-0.3, -0.25) is 4.79 Å². The molecule has 0 saturated heterocycles. The Morgan fingerprint density at radius 3 is 2.43 bits per heavy atom. The lowest BCUT2D eigenvalue weighted by molar-refractivity contribution is -0.123. The molecule has 0 aliphatic rings. The highest BCUT2D eigenvalue weighted by Gasteiger charge is 2.26. The minimum Gasteiger partial charge on any atom is -0.410 e. The lowest BCUT2D eigenvalue weighted by Gasteiger charge is -2.22. The van der Waals surface area contributed by atoms with Crippen LogP contribution in [0.5, 0.6) is 5.75 Å². The van der Waals surface area contributed by atoms with Crippen LogP contribution in [0.1, 0.15) is 41.0 Å². The van der Waals surface area contributed by atoms with Crippen molar-refractivity contribution in [1.29, 1.82) is 0 Å². The molecular formula is C18H26N2O3. The molecular weight excluding hydrogens is 292 g/mol. The average Bonchev–Trinajstić information content (AvgIpc) is 2.36. The molecule has 0 unspecified atom stereocenters. The molecule has 126 valence electrons. The fourth-order valence-electron chi connectivity index (χ4n) is 1.83. The summed E-state index contributed by atoms with van der Waals surface area (Å²) in [4.78, 5) is 24.0. The highest BCUT2D eigenvalue weighted by atomic mass is 16.6. The molecule has 0 spiro atoms. The zero-order chi connectivity index (χ0) is 17.7. The zero-order valence-electron chi connectivity index (χ0n) is 14.5. The standard InChI is InChI=1S/C18H26N2O3/c1-7-11-18(5,6)15(21)19-13-9-8-10-14(12-13)23-16(22)20-17(2,3)4/h7-10,12H,1,11H2,2-6H3,(H,19,21)(H,20,22). The molecule has 1 aromatic carbocycles. The SMILES string of the molecule is C=CCC(C)(C)C(=O)Nc1cccc(OC(=O)NC(C)(C)C)c1. The maximum absolute atomic E-state index is 12.3. The van der Waals surface area contributed by atoms with Crippen LogP contribution in [0.15, 0.2) is 36.9 Å². The number of anilines is 1. The first-order valence-electron chi connectivity index (χ1n) is 7.56. The first-order chi connectivity index (χ1) is 10.5. The van der Waals surface area contributed by atoms with Gasteiger partial charge in [0.05, 0.1) is 0 Å². The number of benzene rings is 1. The van der Waals surface area contributed by atoms with Crippen LogP contribution in [-0.2, 0) is 4.79 Å². The highest BCUT2D eigenvalue weighted by Crippen LogP contribution is 2.24. The lowest BCUT2D eigenvalue weighted by atomic mass is 9.88. The smallest absolute Gasteiger partial charge is 0.410 e. The van der Waals surface area contributed by atoms with Crippen molar-refractivity contribution in [2.45, 2.75) is 46.6 Å². The van der Waals surface area contributed by atoms with Crippen LogP contribution in [0.25, 0.3) is 0 Å². The van der Waals surface area contributed by atoms with Gasteiger partial charge in [-0.2, -0.15) is 0 Å². The first-order valence-corrected chi connectivity index (χ1v) is 7.56. The number of nitrogens with one attached hydrogen (secondary N) is 2. The predicted octanol–water partition coefficient (Wildman–Crippen LogP) is 4.11. The molecule has 23 heavy (non-hydrogen) atoms. The molecule has 0 bridgehead atoms. The van der Waals surface area contributed by atoms with Crippen LogP contribution in [0.2, 0.25) is 0 Å². The number of hydrogen-bond donors (Lipinski definition) is 2. The van der Waals surface area contributed by atoms with Gasteiger partial charge in [-0.15, -0.1) is 6.58 Å². The van der Waals surface area contributed by atoms with E-state index in [-0.39, 0.29) is 11.4 Å². The van der Waals surface area contributed by atoms with Crippen molar-refractivity contribution >= 4 is 17.7 Å². The highest BCUT2D eigenvalue weighted by molar-refractivity contribution is 5.95. The molecule has 0 atom stereocenters. The van der Waals surface area contributed by atoms with Crippen molar-refractivity contribution in [1.82, 2.24) is 5.32 Å². The number of carbonyl (C=O) groups excluding carboxylic acids is 2. The summed E-state index contributed by atoms with van der Waals surface area (Å²) in [6.45, 7) is 13.0. The van der Waals surface area contributed by atoms with Crippen LogP contribution < -0.4 is 15.4 Å². The van der Waals surface area contributed by atoms with E-state index in [4.69, 9.17) is 4.74 Å². The summed E-state index contributed by atoms with van der Waals surface area (Å²) in [6.07, 6.45) is 1.76. The summed E-state index contributed by atoms with van der Waals surface area (Å²) in [5.74, 6) is 0.250. The summed E-state index contributed by atoms with van der Waals surface area (Å²) in [7, 11) is 0. The van der Waals surface area contributed by atoms with E-state index in [1.807, 2.05) is 34.6 Å². The van der Waals surface area contributed by atoms with E-state index in [9.17, 15) is 9.59 Å². The van der Waals surface area contributed by atoms with Gasteiger partial charge in [-0.25, -0.2) is 4.79 Å². The molecule has 5 nitrogen and oxygen atoms in total. The third-order valence-electron chi connectivity index (χ3n) is 3.05. The Labute approximate surface area is 138 Å². The summed E-state index contributed by atoms with van der Waals surface area (Å²) in [6, 6.07) is 6.74. The lowest BCUT2D eigenvalue weighted by Crippen LogP contribution is -2.42. The molecule has 0 aliphatic heterocycles. The quantitative estimate of drug-likeness (QED) is 0.803. The molecule has 2 N–H and O–H groups in total. The third-order valence-corrected chi connectivity index (χ3v) is 3.05. The maximum Gasteiger partial charge on any atom is 0.413 e. The Balaban J connectivity index is 2.76. The molecule has 0 aromatic heterocycles.